The first-order valence-corrected chi connectivity index (χ1v) is 7.41. The highest BCUT2D eigenvalue weighted by atomic mass is 16.3. The van der Waals surface area contributed by atoms with Crippen LogP contribution >= 0.6 is 0 Å². The summed E-state index contributed by atoms with van der Waals surface area (Å²) < 4.78 is 0. The van der Waals surface area contributed by atoms with Crippen LogP contribution in [0.4, 0.5) is 0 Å². The first-order chi connectivity index (χ1) is 9.70. The van der Waals surface area contributed by atoms with E-state index in [2.05, 4.69) is 5.32 Å². The maximum absolute atomic E-state index is 12.2. The normalized spacial score (nSPS) is 24.1. The van der Waals surface area contributed by atoms with E-state index < -0.39 is 0 Å². The molecule has 0 radical (unpaired) electrons. The van der Waals surface area contributed by atoms with Crippen molar-refractivity contribution >= 4 is 5.91 Å². The molecule has 2 rings (SSSR count). The number of carbonyl (C=O) groups excluding carboxylic acids is 1. The molecular formula is C16H24N2O2. The zero-order valence-electron chi connectivity index (χ0n) is 11.8. The second kappa shape index (κ2) is 7.41. The van der Waals surface area contributed by atoms with Gasteiger partial charge in [-0.25, -0.2) is 0 Å². The van der Waals surface area contributed by atoms with Gasteiger partial charge in [0.25, 0.3) is 0 Å². The molecule has 1 aromatic carbocycles. The molecule has 0 heterocycles. The number of carbonyl (C=O) groups is 1. The summed E-state index contributed by atoms with van der Waals surface area (Å²) in [5.74, 6) is 0.215. The number of hydrogen-bond acceptors (Lipinski definition) is 3. The van der Waals surface area contributed by atoms with Gasteiger partial charge in [0.15, 0.2) is 0 Å². The molecule has 0 aromatic heterocycles. The molecule has 4 nitrogen and oxygen atoms in total. The fraction of sp³-hybridized carbons (Fsp3) is 0.562. The Bertz CT molecular complexity index is 414. The van der Waals surface area contributed by atoms with Crippen LogP contribution in [0.3, 0.4) is 0 Å². The number of amides is 1. The Morgan fingerprint density at radius 3 is 2.50 bits per heavy atom. The van der Waals surface area contributed by atoms with Gasteiger partial charge in [-0.1, -0.05) is 30.3 Å². The third kappa shape index (κ3) is 4.05. The number of aliphatic hydroxyl groups is 1. The average molecular weight is 276 g/mol. The fourth-order valence-electron chi connectivity index (χ4n) is 2.80. The quantitative estimate of drug-likeness (QED) is 0.761. The van der Waals surface area contributed by atoms with E-state index in [-0.39, 0.29) is 17.9 Å². The van der Waals surface area contributed by atoms with Gasteiger partial charge in [0.05, 0.1) is 12.0 Å². The Morgan fingerprint density at radius 2 is 1.90 bits per heavy atom. The monoisotopic (exact) mass is 276 g/mol. The number of rotatable bonds is 5. The molecule has 1 amide bonds. The summed E-state index contributed by atoms with van der Waals surface area (Å²) in [6.07, 6.45) is 3.52. The van der Waals surface area contributed by atoms with Crippen molar-refractivity contribution in [1.29, 1.82) is 0 Å². The minimum atomic E-state index is -0.273. The van der Waals surface area contributed by atoms with Crippen molar-refractivity contribution in [2.24, 2.45) is 11.7 Å². The van der Waals surface area contributed by atoms with Crippen LogP contribution < -0.4 is 11.1 Å². The van der Waals surface area contributed by atoms with Gasteiger partial charge >= 0.3 is 0 Å². The standard InChI is InChI=1S/C16H24N2O2/c17-10-15(13-4-2-1-3-5-13)16(20)18-11-12-6-8-14(19)9-7-12/h1-5,12,14-15,19H,6-11,17H2,(H,18,20). The zero-order chi connectivity index (χ0) is 14.4. The van der Waals surface area contributed by atoms with Crippen LogP contribution in [0, 0.1) is 5.92 Å². The first kappa shape index (κ1) is 15.0. The lowest BCUT2D eigenvalue weighted by Crippen LogP contribution is -2.37. The van der Waals surface area contributed by atoms with Crippen LogP contribution in [0.2, 0.25) is 0 Å². The van der Waals surface area contributed by atoms with E-state index in [1.807, 2.05) is 30.3 Å². The van der Waals surface area contributed by atoms with Gasteiger partial charge in [-0.3, -0.25) is 4.79 Å². The number of benzene rings is 1. The average Bonchev–Trinajstić information content (AvgIpc) is 2.48. The number of hydrogen-bond donors (Lipinski definition) is 3. The molecule has 20 heavy (non-hydrogen) atoms. The summed E-state index contributed by atoms with van der Waals surface area (Å²) in [6, 6.07) is 9.66. The van der Waals surface area contributed by atoms with Crippen LogP contribution in [-0.4, -0.2) is 30.2 Å². The second-order valence-corrected chi connectivity index (χ2v) is 5.62. The van der Waals surface area contributed by atoms with Crippen LogP contribution in [0.25, 0.3) is 0 Å². The maximum Gasteiger partial charge on any atom is 0.228 e. The summed E-state index contributed by atoms with van der Waals surface area (Å²) in [5, 5.41) is 12.5. The Kier molecular flexibility index (Phi) is 5.56. The molecule has 1 saturated carbocycles. The van der Waals surface area contributed by atoms with E-state index in [0.29, 0.717) is 19.0 Å². The Morgan fingerprint density at radius 1 is 1.25 bits per heavy atom. The van der Waals surface area contributed by atoms with E-state index in [0.717, 1.165) is 31.2 Å². The molecule has 1 fully saturated rings. The molecule has 1 aliphatic rings. The van der Waals surface area contributed by atoms with Gasteiger partial charge in [-0.2, -0.15) is 0 Å². The highest BCUT2D eigenvalue weighted by Crippen LogP contribution is 2.23. The highest BCUT2D eigenvalue weighted by Gasteiger charge is 2.22. The third-order valence-electron chi connectivity index (χ3n) is 4.14. The molecule has 0 spiro atoms. The number of aliphatic hydroxyl groups excluding tert-OH is 1. The molecule has 110 valence electrons. The molecular weight excluding hydrogens is 252 g/mol. The lowest BCUT2D eigenvalue weighted by atomic mass is 9.87. The van der Waals surface area contributed by atoms with Gasteiger partial charge in [0, 0.05) is 13.1 Å². The summed E-state index contributed by atoms with van der Waals surface area (Å²) in [4.78, 5) is 12.2. The molecule has 1 unspecified atom stereocenters. The van der Waals surface area contributed by atoms with Crippen LogP contribution in [0.5, 0.6) is 0 Å². The van der Waals surface area contributed by atoms with E-state index in [9.17, 15) is 9.90 Å². The van der Waals surface area contributed by atoms with E-state index in [1.165, 1.54) is 0 Å². The van der Waals surface area contributed by atoms with Gasteiger partial charge in [0.1, 0.15) is 0 Å². The van der Waals surface area contributed by atoms with Crippen molar-refractivity contribution in [3.8, 4) is 0 Å². The predicted molar refractivity (Wildman–Crippen MR) is 79.2 cm³/mol. The van der Waals surface area contributed by atoms with Crippen molar-refractivity contribution < 1.29 is 9.90 Å². The zero-order valence-corrected chi connectivity index (χ0v) is 11.8. The van der Waals surface area contributed by atoms with Gasteiger partial charge < -0.3 is 16.2 Å². The molecule has 0 aliphatic heterocycles. The van der Waals surface area contributed by atoms with Gasteiger partial charge in [-0.15, -0.1) is 0 Å². The van der Waals surface area contributed by atoms with Crippen LogP contribution in [0.15, 0.2) is 30.3 Å². The molecule has 0 saturated heterocycles. The Labute approximate surface area is 120 Å². The highest BCUT2D eigenvalue weighted by molar-refractivity contribution is 5.83. The number of nitrogens with one attached hydrogen (secondary N) is 1. The van der Waals surface area contributed by atoms with E-state index >= 15 is 0 Å². The molecule has 1 aliphatic carbocycles. The summed E-state index contributed by atoms with van der Waals surface area (Å²) >= 11 is 0. The Balaban J connectivity index is 1.84. The van der Waals surface area contributed by atoms with Crippen LogP contribution in [-0.2, 0) is 4.79 Å². The largest absolute Gasteiger partial charge is 0.393 e. The van der Waals surface area contributed by atoms with E-state index in [1.54, 1.807) is 0 Å². The molecule has 1 atom stereocenters. The Hall–Kier alpha value is -1.39. The van der Waals surface area contributed by atoms with Crippen LogP contribution in [0.1, 0.15) is 37.2 Å². The van der Waals surface area contributed by atoms with Crippen molar-refractivity contribution in [2.45, 2.75) is 37.7 Å². The van der Waals surface area contributed by atoms with Crippen molar-refractivity contribution in [2.75, 3.05) is 13.1 Å². The predicted octanol–water partition coefficient (Wildman–Crippen LogP) is 1.40. The van der Waals surface area contributed by atoms with Crippen molar-refractivity contribution in [1.82, 2.24) is 5.32 Å². The minimum absolute atomic E-state index is 0.00446. The maximum atomic E-state index is 12.2. The van der Waals surface area contributed by atoms with Gasteiger partial charge in [0.2, 0.25) is 5.91 Å². The van der Waals surface area contributed by atoms with Crippen molar-refractivity contribution in [3.05, 3.63) is 35.9 Å². The SMILES string of the molecule is NCC(C(=O)NCC1CCC(O)CC1)c1ccccc1. The van der Waals surface area contributed by atoms with Crippen molar-refractivity contribution in [3.63, 3.8) is 0 Å². The van der Waals surface area contributed by atoms with Gasteiger partial charge in [-0.05, 0) is 37.2 Å². The first-order valence-electron chi connectivity index (χ1n) is 7.41. The number of nitrogens with two attached hydrogens (primary N) is 1. The fourth-order valence-corrected chi connectivity index (χ4v) is 2.80. The summed E-state index contributed by atoms with van der Waals surface area (Å²) in [6.45, 7) is 1.01. The third-order valence-corrected chi connectivity index (χ3v) is 4.14. The summed E-state index contributed by atoms with van der Waals surface area (Å²) in [7, 11) is 0. The molecule has 4 heteroatoms. The molecule has 1 aromatic rings. The van der Waals surface area contributed by atoms with E-state index in [4.69, 9.17) is 5.73 Å². The lowest BCUT2D eigenvalue weighted by molar-refractivity contribution is -0.122. The molecule has 4 N–H and O–H groups in total. The minimum Gasteiger partial charge on any atom is -0.393 e. The lowest BCUT2D eigenvalue weighted by Gasteiger charge is -2.26. The summed E-state index contributed by atoms with van der Waals surface area (Å²) in [5.41, 5.74) is 6.70. The second-order valence-electron chi connectivity index (χ2n) is 5.62. The topological polar surface area (TPSA) is 75.4 Å². The molecule has 0 bridgehead atoms. The smallest absolute Gasteiger partial charge is 0.228 e.